The molecular weight excluding hydrogens is 300 g/mol. The van der Waals surface area contributed by atoms with Gasteiger partial charge in [-0.15, -0.1) is 10.2 Å². The van der Waals surface area contributed by atoms with Crippen LogP contribution in [0.2, 0.25) is 0 Å². The van der Waals surface area contributed by atoms with Crippen molar-refractivity contribution in [1.82, 2.24) is 10.2 Å². The maximum absolute atomic E-state index is 13.7. The smallest absolute Gasteiger partial charge is 0.148 e. The number of nitrogens with zero attached hydrogens (tertiary/aromatic N) is 2. The van der Waals surface area contributed by atoms with Crippen LogP contribution in [-0.4, -0.2) is 28.0 Å². The summed E-state index contributed by atoms with van der Waals surface area (Å²) in [6.45, 7) is 6.41. The molecule has 0 saturated heterocycles. The first-order valence-electron chi connectivity index (χ1n) is 7.48. The molecule has 0 radical (unpaired) electrons. The average Bonchev–Trinajstić information content (AvgIpc) is 2.45. The molecule has 0 spiro atoms. The maximum atomic E-state index is 13.7. The Balaban J connectivity index is 2.08. The molecule has 1 heterocycles. The Morgan fingerprint density at radius 3 is 2.30 bits per heavy atom. The number of hydrogen-bond acceptors (Lipinski definition) is 4. The van der Waals surface area contributed by atoms with Crippen molar-refractivity contribution in [1.29, 1.82) is 0 Å². The molecule has 2 rings (SSSR count). The van der Waals surface area contributed by atoms with Crippen LogP contribution in [0.25, 0.3) is 11.3 Å². The number of halogens is 2. The zero-order chi connectivity index (χ0) is 17.0. The summed E-state index contributed by atoms with van der Waals surface area (Å²) in [5.74, 6) is -0.819. The molecule has 6 heteroatoms. The van der Waals surface area contributed by atoms with E-state index < -0.39 is 11.6 Å². The fourth-order valence-corrected chi connectivity index (χ4v) is 2.50. The van der Waals surface area contributed by atoms with Crippen LogP contribution in [-0.2, 0) is 0 Å². The van der Waals surface area contributed by atoms with Gasteiger partial charge in [0, 0.05) is 6.54 Å². The molecule has 0 amide bonds. The Bertz CT molecular complexity index is 637. The zero-order valence-corrected chi connectivity index (χ0v) is 13.5. The van der Waals surface area contributed by atoms with Gasteiger partial charge >= 0.3 is 0 Å². The lowest BCUT2D eigenvalue weighted by molar-refractivity contribution is 0.135. The third-order valence-corrected chi connectivity index (χ3v) is 3.48. The van der Waals surface area contributed by atoms with Crippen LogP contribution in [0.3, 0.4) is 0 Å². The summed E-state index contributed by atoms with van der Waals surface area (Å²) in [4.78, 5) is 0. The topological polar surface area (TPSA) is 58.0 Å². The predicted octanol–water partition coefficient (Wildman–Crippen LogP) is 3.63. The van der Waals surface area contributed by atoms with Crippen molar-refractivity contribution in [2.24, 2.45) is 5.41 Å². The number of nitrogens with one attached hydrogen (secondary N) is 1. The van der Waals surface area contributed by atoms with E-state index in [1.165, 1.54) is 24.3 Å². The van der Waals surface area contributed by atoms with E-state index in [2.05, 4.69) is 15.5 Å². The first-order chi connectivity index (χ1) is 10.8. The van der Waals surface area contributed by atoms with Crippen molar-refractivity contribution < 1.29 is 13.9 Å². The Kier molecular flexibility index (Phi) is 5.26. The van der Waals surface area contributed by atoms with Gasteiger partial charge in [-0.05, 0) is 43.0 Å². The molecule has 0 aliphatic rings. The maximum Gasteiger partial charge on any atom is 0.148 e. The quantitative estimate of drug-likeness (QED) is 0.853. The highest BCUT2D eigenvalue weighted by atomic mass is 19.1. The molecule has 0 aliphatic heterocycles. The van der Waals surface area contributed by atoms with E-state index in [9.17, 15) is 13.9 Å². The van der Waals surface area contributed by atoms with E-state index in [0.717, 1.165) is 0 Å². The molecule has 23 heavy (non-hydrogen) atoms. The monoisotopic (exact) mass is 321 g/mol. The van der Waals surface area contributed by atoms with E-state index >= 15 is 0 Å². The van der Waals surface area contributed by atoms with Gasteiger partial charge in [0.1, 0.15) is 17.5 Å². The van der Waals surface area contributed by atoms with Gasteiger partial charge < -0.3 is 10.4 Å². The Morgan fingerprint density at radius 1 is 1.13 bits per heavy atom. The van der Waals surface area contributed by atoms with Crippen LogP contribution in [0.5, 0.6) is 0 Å². The number of benzene rings is 1. The second-order valence-corrected chi connectivity index (χ2v) is 6.47. The highest BCUT2D eigenvalue weighted by Crippen LogP contribution is 2.25. The summed E-state index contributed by atoms with van der Waals surface area (Å²) in [7, 11) is 0. The lowest BCUT2D eigenvalue weighted by Crippen LogP contribution is -2.27. The summed E-state index contributed by atoms with van der Waals surface area (Å²) < 4.78 is 27.4. The number of rotatable bonds is 6. The van der Waals surface area contributed by atoms with Crippen molar-refractivity contribution >= 4 is 5.82 Å². The minimum Gasteiger partial charge on any atom is -0.393 e. The molecule has 124 valence electrons. The van der Waals surface area contributed by atoms with Gasteiger partial charge in [0.15, 0.2) is 0 Å². The molecule has 1 atom stereocenters. The van der Waals surface area contributed by atoms with Gasteiger partial charge in [0.25, 0.3) is 0 Å². The molecule has 0 aliphatic carbocycles. The van der Waals surface area contributed by atoms with Gasteiger partial charge in [-0.25, -0.2) is 8.78 Å². The summed E-state index contributed by atoms with van der Waals surface area (Å²) in [5.41, 5.74) is -0.151. The summed E-state index contributed by atoms with van der Waals surface area (Å²) >= 11 is 0. The second-order valence-electron chi connectivity index (χ2n) is 6.47. The number of hydrogen-bond donors (Lipinski definition) is 2. The van der Waals surface area contributed by atoms with E-state index in [1.54, 1.807) is 13.0 Å². The largest absolute Gasteiger partial charge is 0.393 e. The average molecular weight is 321 g/mol. The van der Waals surface area contributed by atoms with Crippen molar-refractivity contribution in [3.8, 4) is 11.3 Å². The van der Waals surface area contributed by atoms with E-state index in [1.807, 2.05) is 13.8 Å². The molecule has 0 saturated carbocycles. The van der Waals surface area contributed by atoms with Crippen LogP contribution >= 0.6 is 0 Å². The van der Waals surface area contributed by atoms with Gasteiger partial charge in [-0.1, -0.05) is 19.9 Å². The Labute approximate surface area is 134 Å². The van der Waals surface area contributed by atoms with E-state index in [0.29, 0.717) is 18.8 Å². The van der Waals surface area contributed by atoms with Crippen LogP contribution in [0.1, 0.15) is 27.2 Å². The summed E-state index contributed by atoms with van der Waals surface area (Å²) in [6.07, 6.45) is 0.260. The molecule has 2 aromatic rings. The lowest BCUT2D eigenvalue weighted by Gasteiger charge is -2.26. The van der Waals surface area contributed by atoms with E-state index in [-0.39, 0.29) is 22.8 Å². The standard InChI is InChI=1S/C17H21F2N3O/c1-11(23)9-17(2,3)10-20-15-8-7-14(21-22-15)16-12(18)5-4-6-13(16)19/h4-8,11,23H,9-10H2,1-3H3,(H,20,22). The van der Waals surface area contributed by atoms with Crippen LogP contribution in [0, 0.1) is 17.0 Å². The molecule has 0 bridgehead atoms. The highest BCUT2D eigenvalue weighted by molar-refractivity contribution is 5.61. The van der Waals surface area contributed by atoms with E-state index in [4.69, 9.17) is 0 Å². The molecule has 2 N–H and O–H groups in total. The molecule has 1 aromatic carbocycles. The lowest BCUT2D eigenvalue weighted by atomic mass is 9.87. The van der Waals surface area contributed by atoms with Gasteiger partial charge in [0.2, 0.25) is 0 Å². The van der Waals surface area contributed by atoms with Gasteiger partial charge in [-0.3, -0.25) is 0 Å². The fraction of sp³-hybridized carbons (Fsp3) is 0.412. The van der Waals surface area contributed by atoms with Gasteiger partial charge in [0.05, 0.1) is 17.4 Å². The van der Waals surface area contributed by atoms with Crippen molar-refractivity contribution in [2.45, 2.75) is 33.3 Å². The third kappa shape index (κ3) is 4.69. The third-order valence-electron chi connectivity index (χ3n) is 3.48. The van der Waals surface area contributed by atoms with Crippen LogP contribution in [0.15, 0.2) is 30.3 Å². The fourth-order valence-electron chi connectivity index (χ4n) is 2.50. The number of anilines is 1. The highest BCUT2D eigenvalue weighted by Gasteiger charge is 2.20. The number of aliphatic hydroxyl groups excluding tert-OH is 1. The van der Waals surface area contributed by atoms with Crippen molar-refractivity contribution in [3.63, 3.8) is 0 Å². The molecule has 0 fully saturated rings. The first kappa shape index (κ1) is 17.3. The van der Waals surface area contributed by atoms with Gasteiger partial charge in [-0.2, -0.15) is 0 Å². The molecule has 1 unspecified atom stereocenters. The SMILES string of the molecule is CC(O)CC(C)(C)CNc1ccc(-c2c(F)cccc2F)nn1. The minimum absolute atomic E-state index is 0.119. The molecule has 4 nitrogen and oxygen atoms in total. The second kappa shape index (κ2) is 7.00. The molecular formula is C17H21F2N3O. The Morgan fingerprint density at radius 2 is 1.78 bits per heavy atom. The predicted molar refractivity (Wildman–Crippen MR) is 86.0 cm³/mol. The summed E-state index contributed by atoms with van der Waals surface area (Å²) in [5, 5.41) is 20.5. The zero-order valence-electron chi connectivity index (χ0n) is 13.5. The number of aliphatic hydroxyl groups is 1. The first-order valence-corrected chi connectivity index (χ1v) is 7.48. The molecule has 1 aromatic heterocycles. The minimum atomic E-state index is -0.668. The van der Waals surface area contributed by atoms with Crippen LogP contribution in [0.4, 0.5) is 14.6 Å². The number of aromatic nitrogens is 2. The van der Waals surface area contributed by atoms with Crippen molar-refractivity contribution in [2.75, 3.05) is 11.9 Å². The normalized spacial score (nSPS) is 13.0. The van der Waals surface area contributed by atoms with Crippen molar-refractivity contribution in [3.05, 3.63) is 42.0 Å². The Hall–Kier alpha value is -2.08. The summed E-state index contributed by atoms with van der Waals surface area (Å²) in [6, 6.07) is 6.84. The van der Waals surface area contributed by atoms with Crippen LogP contribution < -0.4 is 5.32 Å².